The zero-order valence-electron chi connectivity index (χ0n) is 13.5. The van der Waals surface area contributed by atoms with Gasteiger partial charge in [0.05, 0.1) is 12.0 Å². The molecule has 0 saturated carbocycles. The summed E-state index contributed by atoms with van der Waals surface area (Å²) in [6, 6.07) is 16.4. The topological polar surface area (TPSA) is 27.0 Å². The van der Waals surface area contributed by atoms with Crippen LogP contribution in [0.25, 0.3) is 0 Å². The van der Waals surface area contributed by atoms with Crippen LogP contribution in [-0.2, 0) is 6.54 Å². The Morgan fingerprint density at radius 3 is 2.38 bits per heavy atom. The van der Waals surface area contributed by atoms with Crippen LogP contribution < -0.4 is 0 Å². The van der Waals surface area contributed by atoms with Gasteiger partial charge in [-0.3, -0.25) is 4.90 Å². The highest BCUT2D eigenvalue weighted by molar-refractivity contribution is 5.27. The van der Waals surface area contributed by atoms with Crippen LogP contribution in [-0.4, -0.2) is 18.0 Å². The van der Waals surface area contributed by atoms with Crippen LogP contribution in [0.4, 0.5) is 8.78 Å². The van der Waals surface area contributed by atoms with E-state index in [9.17, 15) is 14.0 Å². The molecule has 0 aromatic heterocycles. The first kappa shape index (κ1) is 16.6. The number of piperidine rings is 1. The van der Waals surface area contributed by atoms with Crippen molar-refractivity contribution in [2.24, 2.45) is 5.92 Å². The monoisotopic (exact) mass is 326 g/mol. The van der Waals surface area contributed by atoms with Crippen molar-refractivity contribution < 1.29 is 8.78 Å². The maximum Gasteiger partial charge on any atom is 0.159 e. The molecule has 0 aliphatic carbocycles. The molecule has 1 unspecified atom stereocenters. The average Bonchev–Trinajstić information content (AvgIpc) is 2.61. The molecule has 3 rings (SSSR count). The van der Waals surface area contributed by atoms with E-state index in [2.05, 4.69) is 23.1 Å². The third-order valence-electron chi connectivity index (χ3n) is 4.79. The average molecular weight is 326 g/mol. The van der Waals surface area contributed by atoms with Crippen LogP contribution in [0.5, 0.6) is 0 Å². The van der Waals surface area contributed by atoms with E-state index in [0.717, 1.165) is 38.5 Å². The first-order valence-electron chi connectivity index (χ1n) is 8.28. The van der Waals surface area contributed by atoms with Crippen LogP contribution in [0.3, 0.4) is 0 Å². The van der Waals surface area contributed by atoms with Gasteiger partial charge in [0.15, 0.2) is 11.6 Å². The SMILES string of the molecule is N#CC(c1ccc(F)c(F)c1)C1CCN(Cc2ccccc2)CC1. The molecule has 1 fully saturated rings. The fraction of sp³-hybridized carbons (Fsp3) is 0.350. The van der Waals surface area contributed by atoms with Gasteiger partial charge in [-0.05, 0) is 55.1 Å². The molecule has 0 bridgehead atoms. The van der Waals surface area contributed by atoms with Gasteiger partial charge in [-0.2, -0.15) is 5.26 Å². The summed E-state index contributed by atoms with van der Waals surface area (Å²) < 4.78 is 26.6. The smallest absolute Gasteiger partial charge is 0.159 e. The van der Waals surface area contributed by atoms with Gasteiger partial charge in [0.2, 0.25) is 0 Å². The number of benzene rings is 2. The number of likely N-dealkylation sites (tertiary alicyclic amines) is 1. The van der Waals surface area contributed by atoms with Gasteiger partial charge >= 0.3 is 0 Å². The third-order valence-corrected chi connectivity index (χ3v) is 4.79. The standard InChI is InChI=1S/C20H20F2N2/c21-19-7-6-17(12-20(19)22)18(13-23)16-8-10-24(11-9-16)14-15-4-2-1-3-5-15/h1-7,12,16,18H,8-11,14H2. The zero-order chi connectivity index (χ0) is 16.9. The summed E-state index contributed by atoms with van der Waals surface area (Å²) in [6.45, 7) is 2.75. The van der Waals surface area contributed by atoms with E-state index in [1.807, 2.05) is 18.2 Å². The highest BCUT2D eigenvalue weighted by Gasteiger charge is 2.28. The maximum absolute atomic E-state index is 13.5. The van der Waals surface area contributed by atoms with Gasteiger partial charge in [-0.1, -0.05) is 36.4 Å². The van der Waals surface area contributed by atoms with Gasteiger partial charge < -0.3 is 0 Å². The Hall–Kier alpha value is -2.25. The second-order valence-electron chi connectivity index (χ2n) is 6.38. The molecule has 124 valence electrons. The molecule has 1 atom stereocenters. The Labute approximate surface area is 141 Å². The van der Waals surface area contributed by atoms with Crippen molar-refractivity contribution in [1.82, 2.24) is 4.90 Å². The van der Waals surface area contributed by atoms with Crippen LogP contribution >= 0.6 is 0 Å². The highest BCUT2D eigenvalue weighted by Crippen LogP contribution is 2.33. The molecule has 2 aromatic rings. The van der Waals surface area contributed by atoms with Gasteiger partial charge in [-0.25, -0.2) is 8.78 Å². The Morgan fingerprint density at radius 2 is 1.75 bits per heavy atom. The minimum Gasteiger partial charge on any atom is -0.299 e. The summed E-state index contributed by atoms with van der Waals surface area (Å²) in [7, 11) is 0. The summed E-state index contributed by atoms with van der Waals surface area (Å²) >= 11 is 0. The molecule has 1 aliphatic heterocycles. The minimum atomic E-state index is -0.880. The lowest BCUT2D eigenvalue weighted by Gasteiger charge is -2.34. The van der Waals surface area contributed by atoms with Crippen molar-refractivity contribution in [2.75, 3.05) is 13.1 Å². The molecule has 4 heteroatoms. The van der Waals surface area contributed by atoms with E-state index in [1.165, 1.54) is 17.7 Å². The predicted octanol–water partition coefficient (Wildman–Crippen LogP) is 4.48. The van der Waals surface area contributed by atoms with Crippen LogP contribution in [0, 0.1) is 28.9 Å². The quantitative estimate of drug-likeness (QED) is 0.828. The summed E-state index contributed by atoms with van der Waals surface area (Å²) in [6.07, 6.45) is 1.79. The van der Waals surface area contributed by atoms with Gasteiger partial charge in [0.1, 0.15) is 0 Å². The second kappa shape index (κ2) is 7.55. The molecule has 0 N–H and O–H groups in total. The molecule has 24 heavy (non-hydrogen) atoms. The maximum atomic E-state index is 13.5. The minimum absolute atomic E-state index is 0.187. The van der Waals surface area contributed by atoms with Gasteiger partial charge in [-0.15, -0.1) is 0 Å². The Balaban J connectivity index is 1.62. The molecule has 0 spiro atoms. The van der Waals surface area contributed by atoms with Gasteiger partial charge in [0, 0.05) is 6.54 Å². The molecule has 1 saturated heterocycles. The molecule has 0 radical (unpaired) electrons. The van der Waals surface area contributed by atoms with Crippen molar-refractivity contribution >= 4 is 0 Å². The second-order valence-corrected chi connectivity index (χ2v) is 6.38. The molecular formula is C20H20F2N2. The number of halogens is 2. The molecular weight excluding hydrogens is 306 g/mol. The van der Waals surface area contributed by atoms with Crippen molar-refractivity contribution in [3.63, 3.8) is 0 Å². The largest absolute Gasteiger partial charge is 0.299 e. The molecule has 1 heterocycles. The first-order valence-corrected chi connectivity index (χ1v) is 8.28. The van der Waals surface area contributed by atoms with Crippen molar-refractivity contribution in [2.45, 2.75) is 25.3 Å². The van der Waals surface area contributed by atoms with E-state index in [0.29, 0.717) is 5.56 Å². The molecule has 2 aromatic carbocycles. The predicted molar refractivity (Wildman–Crippen MR) is 89.2 cm³/mol. The molecule has 2 nitrogen and oxygen atoms in total. The number of nitrogens with zero attached hydrogens (tertiary/aromatic N) is 2. The lowest BCUT2D eigenvalue weighted by Crippen LogP contribution is -2.35. The van der Waals surface area contributed by atoms with E-state index in [4.69, 9.17) is 0 Å². The number of rotatable bonds is 4. The Kier molecular flexibility index (Phi) is 5.22. The van der Waals surface area contributed by atoms with E-state index in [1.54, 1.807) is 0 Å². The number of hydrogen-bond donors (Lipinski definition) is 0. The van der Waals surface area contributed by atoms with E-state index in [-0.39, 0.29) is 11.8 Å². The zero-order valence-corrected chi connectivity index (χ0v) is 13.5. The lowest BCUT2D eigenvalue weighted by atomic mass is 9.81. The van der Waals surface area contributed by atoms with E-state index >= 15 is 0 Å². The van der Waals surface area contributed by atoms with Crippen molar-refractivity contribution in [3.05, 3.63) is 71.3 Å². The highest BCUT2D eigenvalue weighted by atomic mass is 19.2. The summed E-state index contributed by atoms with van der Waals surface area (Å²) in [5, 5.41) is 9.51. The normalized spacial score (nSPS) is 17.4. The summed E-state index contributed by atoms with van der Waals surface area (Å²) in [5.41, 5.74) is 1.87. The molecule has 0 amide bonds. The number of hydrogen-bond acceptors (Lipinski definition) is 2. The van der Waals surface area contributed by atoms with Crippen molar-refractivity contribution in [1.29, 1.82) is 5.26 Å². The van der Waals surface area contributed by atoms with Gasteiger partial charge in [0.25, 0.3) is 0 Å². The molecule has 1 aliphatic rings. The lowest BCUT2D eigenvalue weighted by molar-refractivity contribution is 0.171. The first-order chi connectivity index (χ1) is 11.7. The fourth-order valence-corrected chi connectivity index (χ4v) is 3.44. The summed E-state index contributed by atoms with van der Waals surface area (Å²) in [5.74, 6) is -1.94. The third kappa shape index (κ3) is 3.80. The fourth-order valence-electron chi connectivity index (χ4n) is 3.44. The summed E-state index contributed by atoms with van der Waals surface area (Å²) in [4.78, 5) is 2.38. The van der Waals surface area contributed by atoms with Crippen LogP contribution in [0.1, 0.15) is 29.9 Å². The Morgan fingerprint density at radius 1 is 1.04 bits per heavy atom. The van der Waals surface area contributed by atoms with Crippen LogP contribution in [0.2, 0.25) is 0 Å². The van der Waals surface area contributed by atoms with Crippen LogP contribution in [0.15, 0.2) is 48.5 Å². The number of nitriles is 1. The van der Waals surface area contributed by atoms with Crippen molar-refractivity contribution in [3.8, 4) is 6.07 Å². The Bertz CT molecular complexity index is 716. The van der Waals surface area contributed by atoms with E-state index < -0.39 is 11.6 Å².